The first-order valence-corrected chi connectivity index (χ1v) is 6.60. The average molecular weight is 388 g/mol. The van der Waals surface area contributed by atoms with E-state index in [0.717, 1.165) is 4.57 Å². The first kappa shape index (κ1) is 14.0. The van der Waals surface area contributed by atoms with Crippen molar-refractivity contribution in [3.8, 4) is 0 Å². The van der Waals surface area contributed by atoms with Crippen molar-refractivity contribution in [2.24, 2.45) is 0 Å². The van der Waals surface area contributed by atoms with E-state index in [1.54, 1.807) is 0 Å². The Hall–Kier alpha value is -0.420. The molecule has 0 aromatic carbocycles. The number of aliphatic hydroxyl groups is 2. The Kier molecular flexibility index (Phi) is 4.11. The fourth-order valence-corrected chi connectivity index (χ4v) is 2.48. The molecule has 0 aliphatic carbocycles. The number of aromatic nitrogens is 2. The van der Waals surface area contributed by atoms with E-state index in [9.17, 15) is 9.90 Å². The van der Waals surface area contributed by atoms with Gasteiger partial charge in [0.05, 0.1) is 10.2 Å². The number of nitrogen functional groups attached to an aromatic ring is 1. The number of nitrogens with two attached hydrogens (primary N) is 1. The van der Waals surface area contributed by atoms with Gasteiger partial charge in [-0.2, -0.15) is 4.98 Å². The Labute approximate surface area is 121 Å². The minimum atomic E-state index is -1.05. The summed E-state index contributed by atoms with van der Waals surface area (Å²) in [5.74, 6) is 0.125. The van der Waals surface area contributed by atoms with Crippen molar-refractivity contribution < 1.29 is 14.9 Å². The van der Waals surface area contributed by atoms with E-state index in [4.69, 9.17) is 27.2 Å². The molecule has 0 amide bonds. The summed E-state index contributed by atoms with van der Waals surface area (Å²) in [5.41, 5.74) is 4.89. The predicted molar refractivity (Wildman–Crippen MR) is 72.3 cm³/mol. The van der Waals surface area contributed by atoms with Crippen LogP contribution >= 0.6 is 34.2 Å². The van der Waals surface area contributed by atoms with E-state index in [1.165, 1.54) is 6.20 Å². The summed E-state index contributed by atoms with van der Waals surface area (Å²) in [4.78, 5) is 15.3. The Morgan fingerprint density at radius 3 is 2.89 bits per heavy atom. The molecule has 0 unspecified atom stereocenters. The standard InChI is InChI=1S/C9H11ClIN3O4/c10-5-6(16)4(2-15)18-8(5)14-1-3(11)7(12)13-9(14)17/h1,4-6,8,15-16H,2H2,(H2,12,13,17)/t4-,5+,6+,8-/m0/s1. The summed E-state index contributed by atoms with van der Waals surface area (Å²) >= 11 is 7.92. The molecule has 2 rings (SSSR count). The van der Waals surface area contributed by atoms with Gasteiger partial charge < -0.3 is 20.7 Å². The molecule has 1 aliphatic heterocycles. The third-order valence-corrected chi connectivity index (χ3v) is 3.99. The smallest absolute Gasteiger partial charge is 0.351 e. The van der Waals surface area contributed by atoms with Crippen molar-refractivity contribution in [2.75, 3.05) is 12.3 Å². The van der Waals surface area contributed by atoms with Gasteiger partial charge >= 0.3 is 5.69 Å². The fourth-order valence-electron chi connectivity index (χ4n) is 1.72. The fraction of sp³-hybridized carbons (Fsp3) is 0.556. The molecule has 1 aliphatic rings. The van der Waals surface area contributed by atoms with Crippen LogP contribution in [0.3, 0.4) is 0 Å². The van der Waals surface area contributed by atoms with E-state index < -0.39 is 29.5 Å². The molecule has 9 heteroatoms. The van der Waals surface area contributed by atoms with Crippen molar-refractivity contribution in [2.45, 2.75) is 23.8 Å². The van der Waals surface area contributed by atoms with Crippen LogP contribution in [0.25, 0.3) is 0 Å². The molecule has 18 heavy (non-hydrogen) atoms. The van der Waals surface area contributed by atoms with Gasteiger partial charge in [0.1, 0.15) is 23.4 Å². The molecule has 100 valence electrons. The van der Waals surface area contributed by atoms with Crippen molar-refractivity contribution in [1.29, 1.82) is 0 Å². The first-order valence-electron chi connectivity index (χ1n) is 5.08. The van der Waals surface area contributed by atoms with Crippen LogP contribution in [0.15, 0.2) is 11.0 Å². The molecule has 0 saturated carbocycles. The van der Waals surface area contributed by atoms with Crippen molar-refractivity contribution >= 4 is 40.0 Å². The zero-order valence-electron chi connectivity index (χ0n) is 9.03. The largest absolute Gasteiger partial charge is 0.394 e. The molecule has 1 fully saturated rings. The zero-order chi connectivity index (χ0) is 13.4. The third-order valence-electron chi connectivity index (χ3n) is 2.68. The summed E-state index contributed by atoms with van der Waals surface area (Å²) in [6, 6.07) is 0. The third kappa shape index (κ3) is 2.35. The van der Waals surface area contributed by atoms with Gasteiger partial charge in [-0.25, -0.2) is 4.79 Å². The van der Waals surface area contributed by atoms with E-state index in [1.807, 2.05) is 22.6 Å². The van der Waals surface area contributed by atoms with Crippen molar-refractivity contribution in [1.82, 2.24) is 9.55 Å². The summed E-state index contributed by atoms with van der Waals surface area (Å²) < 4.78 is 7.08. The highest BCUT2D eigenvalue weighted by atomic mass is 127. The van der Waals surface area contributed by atoms with Crippen LogP contribution in [-0.2, 0) is 4.74 Å². The van der Waals surface area contributed by atoms with Crippen molar-refractivity contribution in [3.63, 3.8) is 0 Å². The van der Waals surface area contributed by atoms with E-state index in [-0.39, 0.29) is 12.4 Å². The maximum absolute atomic E-state index is 11.7. The molecule has 0 bridgehead atoms. The SMILES string of the molecule is Nc1nc(=O)n([C@H]2O[C@@H](CO)[C@@H](O)[C@H]2Cl)cc1I. The van der Waals surface area contributed by atoms with Gasteiger partial charge in [0.15, 0.2) is 6.23 Å². The summed E-state index contributed by atoms with van der Waals surface area (Å²) in [6.45, 7) is -0.380. The quantitative estimate of drug-likeness (QED) is 0.457. The lowest BCUT2D eigenvalue weighted by molar-refractivity contribution is -0.0457. The van der Waals surface area contributed by atoms with Crippen LogP contribution < -0.4 is 11.4 Å². The normalized spacial score (nSPS) is 31.8. The first-order chi connectivity index (χ1) is 8.45. The predicted octanol–water partition coefficient (Wildman–Crippen LogP) is -0.712. The second-order valence-corrected chi connectivity index (χ2v) is 5.51. The highest BCUT2D eigenvalue weighted by Crippen LogP contribution is 2.32. The number of aliphatic hydroxyl groups excluding tert-OH is 2. The number of anilines is 1. The summed E-state index contributed by atoms with van der Waals surface area (Å²) in [5, 5.41) is 17.9. The lowest BCUT2D eigenvalue weighted by Gasteiger charge is -2.17. The highest BCUT2D eigenvalue weighted by molar-refractivity contribution is 14.1. The van der Waals surface area contributed by atoms with E-state index in [0.29, 0.717) is 3.57 Å². The van der Waals surface area contributed by atoms with Gasteiger partial charge in [0.2, 0.25) is 0 Å². The van der Waals surface area contributed by atoms with Crippen LogP contribution in [0, 0.1) is 3.57 Å². The maximum atomic E-state index is 11.7. The van der Waals surface area contributed by atoms with Gasteiger partial charge in [-0.3, -0.25) is 4.57 Å². The van der Waals surface area contributed by atoms with Crippen LogP contribution in [0.4, 0.5) is 5.82 Å². The highest BCUT2D eigenvalue weighted by Gasteiger charge is 2.43. The van der Waals surface area contributed by atoms with Gasteiger partial charge in [-0.05, 0) is 22.6 Å². The molecule has 1 aromatic heterocycles. The molecular formula is C9H11ClIN3O4. The number of hydrogen-bond donors (Lipinski definition) is 3. The molecule has 2 heterocycles. The molecule has 0 spiro atoms. The number of nitrogens with zero attached hydrogens (tertiary/aromatic N) is 2. The zero-order valence-corrected chi connectivity index (χ0v) is 11.9. The lowest BCUT2D eigenvalue weighted by Crippen LogP contribution is -2.33. The van der Waals surface area contributed by atoms with Crippen LogP contribution in [0.1, 0.15) is 6.23 Å². The minimum Gasteiger partial charge on any atom is -0.394 e. The van der Waals surface area contributed by atoms with Crippen LogP contribution in [0.2, 0.25) is 0 Å². The van der Waals surface area contributed by atoms with Gasteiger partial charge in [0.25, 0.3) is 0 Å². The monoisotopic (exact) mass is 387 g/mol. The second-order valence-electron chi connectivity index (χ2n) is 3.85. The van der Waals surface area contributed by atoms with Gasteiger partial charge in [0, 0.05) is 6.20 Å². The Balaban J connectivity index is 2.39. The molecule has 7 nitrogen and oxygen atoms in total. The molecule has 4 atom stereocenters. The topological polar surface area (TPSA) is 111 Å². The lowest BCUT2D eigenvalue weighted by atomic mass is 10.2. The van der Waals surface area contributed by atoms with Gasteiger partial charge in [-0.15, -0.1) is 11.6 Å². The molecule has 0 radical (unpaired) electrons. The van der Waals surface area contributed by atoms with Crippen LogP contribution in [0.5, 0.6) is 0 Å². The van der Waals surface area contributed by atoms with Crippen LogP contribution in [-0.4, -0.2) is 44.0 Å². The molecule has 4 N–H and O–H groups in total. The Morgan fingerprint density at radius 1 is 1.67 bits per heavy atom. The molecule has 1 saturated heterocycles. The summed E-state index contributed by atoms with van der Waals surface area (Å²) in [7, 11) is 0. The summed E-state index contributed by atoms with van der Waals surface area (Å²) in [6.07, 6.45) is -1.30. The Morgan fingerprint density at radius 2 is 2.33 bits per heavy atom. The number of ether oxygens (including phenoxy) is 1. The minimum absolute atomic E-state index is 0.125. The van der Waals surface area contributed by atoms with E-state index in [2.05, 4.69) is 4.98 Å². The van der Waals surface area contributed by atoms with E-state index >= 15 is 0 Å². The maximum Gasteiger partial charge on any atom is 0.351 e. The number of hydrogen-bond acceptors (Lipinski definition) is 6. The molecular weight excluding hydrogens is 376 g/mol. The van der Waals surface area contributed by atoms with Gasteiger partial charge in [-0.1, -0.05) is 0 Å². The van der Waals surface area contributed by atoms with Crippen molar-refractivity contribution in [3.05, 3.63) is 20.3 Å². The number of alkyl halides is 1. The number of rotatable bonds is 2. The number of halogens is 2. The second kappa shape index (κ2) is 5.29. The molecule has 1 aromatic rings. The average Bonchev–Trinajstić information content (AvgIpc) is 2.61. The Bertz CT molecular complexity index is 511.